The zero-order valence-electron chi connectivity index (χ0n) is 15.7. The Morgan fingerprint density at radius 3 is 2.50 bits per heavy atom. The Kier molecular flexibility index (Phi) is 6.81. The number of benzene rings is 1. The van der Waals surface area contributed by atoms with Crippen LogP contribution in [0.2, 0.25) is 0 Å². The van der Waals surface area contributed by atoms with E-state index in [4.69, 9.17) is 4.74 Å². The summed E-state index contributed by atoms with van der Waals surface area (Å²) in [5.41, 5.74) is 3.22. The smallest absolute Gasteiger partial charge is 0.221 e. The van der Waals surface area contributed by atoms with Crippen molar-refractivity contribution in [2.75, 3.05) is 31.6 Å². The molecule has 0 atom stereocenters. The van der Waals surface area contributed by atoms with E-state index in [1.807, 2.05) is 6.07 Å². The molecule has 24 heavy (non-hydrogen) atoms. The first kappa shape index (κ1) is 18.9. The van der Waals surface area contributed by atoms with Crippen molar-refractivity contribution in [3.8, 4) is 0 Å². The molecule has 0 aliphatic carbocycles. The van der Waals surface area contributed by atoms with Gasteiger partial charge >= 0.3 is 0 Å². The number of ether oxygens (including phenoxy) is 1. The standard InChI is InChI=1S/C20H32N2O2/c1-16(23)21-19-13-17(12-18(14-19)20(2,3)4)15-24-11-10-22-8-6-5-7-9-22/h12-14H,5-11,15H2,1-4H3,(H,21,23). The maximum atomic E-state index is 11.4. The highest BCUT2D eigenvalue weighted by atomic mass is 16.5. The van der Waals surface area contributed by atoms with Crippen molar-refractivity contribution in [2.24, 2.45) is 0 Å². The van der Waals surface area contributed by atoms with Gasteiger partial charge in [-0.25, -0.2) is 0 Å². The van der Waals surface area contributed by atoms with Crippen LogP contribution in [0.1, 0.15) is 58.1 Å². The average molecular weight is 332 g/mol. The van der Waals surface area contributed by atoms with Gasteiger partial charge in [-0.1, -0.05) is 33.3 Å². The first-order chi connectivity index (χ1) is 11.3. The Morgan fingerprint density at radius 1 is 1.17 bits per heavy atom. The third-order valence-electron chi connectivity index (χ3n) is 4.45. The van der Waals surface area contributed by atoms with Crippen LogP contribution in [0, 0.1) is 0 Å². The molecule has 0 bridgehead atoms. The van der Waals surface area contributed by atoms with Crippen LogP contribution in [0.3, 0.4) is 0 Å². The largest absolute Gasteiger partial charge is 0.375 e. The highest BCUT2D eigenvalue weighted by Gasteiger charge is 2.16. The fourth-order valence-corrected chi connectivity index (χ4v) is 3.05. The van der Waals surface area contributed by atoms with E-state index in [0.717, 1.165) is 24.4 Å². The summed E-state index contributed by atoms with van der Waals surface area (Å²) >= 11 is 0. The van der Waals surface area contributed by atoms with Gasteiger partial charge in [0.15, 0.2) is 0 Å². The fraction of sp³-hybridized carbons (Fsp3) is 0.650. The number of likely N-dealkylation sites (tertiary alicyclic amines) is 1. The highest BCUT2D eigenvalue weighted by molar-refractivity contribution is 5.88. The maximum Gasteiger partial charge on any atom is 0.221 e. The summed E-state index contributed by atoms with van der Waals surface area (Å²) in [5.74, 6) is -0.0435. The lowest BCUT2D eigenvalue weighted by Crippen LogP contribution is -2.32. The number of nitrogens with one attached hydrogen (secondary N) is 1. The van der Waals surface area contributed by atoms with Gasteiger partial charge in [-0.3, -0.25) is 4.79 Å². The summed E-state index contributed by atoms with van der Waals surface area (Å²) in [7, 11) is 0. The van der Waals surface area contributed by atoms with Crippen LogP contribution in [0.4, 0.5) is 5.69 Å². The molecule has 0 saturated carbocycles. The molecule has 1 amide bonds. The van der Waals surface area contributed by atoms with Crippen molar-refractivity contribution in [1.82, 2.24) is 4.90 Å². The molecule has 0 radical (unpaired) electrons. The Balaban J connectivity index is 1.93. The van der Waals surface area contributed by atoms with Gasteiger partial charge in [0.05, 0.1) is 13.2 Å². The molecule has 1 N–H and O–H groups in total. The van der Waals surface area contributed by atoms with E-state index in [-0.39, 0.29) is 11.3 Å². The third kappa shape index (κ3) is 6.25. The van der Waals surface area contributed by atoms with E-state index in [1.165, 1.54) is 37.9 Å². The molecule has 1 aliphatic heterocycles. The Hall–Kier alpha value is -1.39. The Morgan fingerprint density at radius 2 is 1.88 bits per heavy atom. The monoisotopic (exact) mass is 332 g/mol. The predicted molar refractivity (Wildman–Crippen MR) is 99.4 cm³/mol. The quantitative estimate of drug-likeness (QED) is 0.802. The maximum absolute atomic E-state index is 11.4. The molecule has 1 fully saturated rings. The van der Waals surface area contributed by atoms with Crippen LogP contribution in [-0.4, -0.2) is 37.0 Å². The minimum absolute atomic E-state index is 0.0387. The minimum atomic E-state index is -0.0435. The summed E-state index contributed by atoms with van der Waals surface area (Å²) in [6, 6.07) is 6.25. The third-order valence-corrected chi connectivity index (χ3v) is 4.45. The second-order valence-corrected chi connectivity index (χ2v) is 7.80. The SMILES string of the molecule is CC(=O)Nc1cc(COCCN2CCCCC2)cc(C(C)(C)C)c1. The molecule has 2 rings (SSSR count). The number of carbonyl (C=O) groups excluding carboxylic acids is 1. The number of hydrogen-bond donors (Lipinski definition) is 1. The van der Waals surface area contributed by atoms with Crippen LogP contribution < -0.4 is 5.32 Å². The first-order valence-corrected chi connectivity index (χ1v) is 9.07. The second kappa shape index (κ2) is 8.63. The minimum Gasteiger partial charge on any atom is -0.375 e. The van der Waals surface area contributed by atoms with Crippen LogP contribution in [0.15, 0.2) is 18.2 Å². The summed E-state index contributed by atoms with van der Waals surface area (Å²) in [4.78, 5) is 13.9. The second-order valence-electron chi connectivity index (χ2n) is 7.80. The van der Waals surface area contributed by atoms with E-state index >= 15 is 0 Å². The summed E-state index contributed by atoms with van der Waals surface area (Å²) < 4.78 is 5.90. The number of piperidine rings is 1. The lowest BCUT2D eigenvalue weighted by molar-refractivity contribution is -0.114. The molecular weight excluding hydrogens is 300 g/mol. The summed E-state index contributed by atoms with van der Waals surface area (Å²) in [6.45, 7) is 12.9. The van der Waals surface area contributed by atoms with Crippen molar-refractivity contribution >= 4 is 11.6 Å². The lowest BCUT2D eigenvalue weighted by atomic mass is 9.86. The lowest BCUT2D eigenvalue weighted by Gasteiger charge is -2.26. The van der Waals surface area contributed by atoms with Gasteiger partial charge in [0.2, 0.25) is 5.91 Å². The van der Waals surface area contributed by atoms with E-state index in [1.54, 1.807) is 6.92 Å². The van der Waals surface area contributed by atoms with E-state index in [0.29, 0.717) is 6.61 Å². The van der Waals surface area contributed by atoms with Gasteiger partial charge in [-0.15, -0.1) is 0 Å². The molecule has 1 aliphatic rings. The summed E-state index contributed by atoms with van der Waals surface area (Å²) in [5, 5.41) is 2.90. The molecule has 1 aromatic rings. The summed E-state index contributed by atoms with van der Waals surface area (Å²) in [6.07, 6.45) is 3.99. The zero-order chi connectivity index (χ0) is 17.6. The van der Waals surface area contributed by atoms with Crippen LogP contribution in [0.25, 0.3) is 0 Å². The van der Waals surface area contributed by atoms with Gasteiger partial charge in [-0.05, 0) is 54.6 Å². The molecule has 0 spiro atoms. The molecular formula is C20H32N2O2. The molecule has 4 heteroatoms. The van der Waals surface area contributed by atoms with Gasteiger partial charge in [0, 0.05) is 19.2 Å². The number of hydrogen-bond acceptors (Lipinski definition) is 3. The average Bonchev–Trinajstić information content (AvgIpc) is 2.51. The Bertz CT molecular complexity index is 543. The van der Waals surface area contributed by atoms with Gasteiger partial charge in [-0.2, -0.15) is 0 Å². The Labute approximate surface area is 146 Å². The number of carbonyl (C=O) groups is 1. The first-order valence-electron chi connectivity index (χ1n) is 9.07. The molecule has 4 nitrogen and oxygen atoms in total. The molecule has 1 aromatic carbocycles. The van der Waals surface area contributed by atoms with Gasteiger partial charge < -0.3 is 15.0 Å². The van der Waals surface area contributed by atoms with E-state index < -0.39 is 0 Å². The van der Waals surface area contributed by atoms with Crippen molar-refractivity contribution in [3.05, 3.63) is 29.3 Å². The van der Waals surface area contributed by atoms with Crippen molar-refractivity contribution < 1.29 is 9.53 Å². The zero-order valence-corrected chi connectivity index (χ0v) is 15.7. The van der Waals surface area contributed by atoms with Crippen LogP contribution >= 0.6 is 0 Å². The molecule has 1 saturated heterocycles. The van der Waals surface area contributed by atoms with E-state index in [2.05, 4.69) is 43.1 Å². The van der Waals surface area contributed by atoms with Crippen molar-refractivity contribution in [3.63, 3.8) is 0 Å². The fourth-order valence-electron chi connectivity index (χ4n) is 3.05. The van der Waals surface area contributed by atoms with Crippen LogP contribution in [0.5, 0.6) is 0 Å². The number of rotatable bonds is 6. The molecule has 1 heterocycles. The highest BCUT2D eigenvalue weighted by Crippen LogP contribution is 2.27. The number of amides is 1. The normalized spacial score (nSPS) is 16.2. The molecule has 134 valence electrons. The van der Waals surface area contributed by atoms with E-state index in [9.17, 15) is 4.79 Å². The van der Waals surface area contributed by atoms with Gasteiger partial charge in [0.25, 0.3) is 0 Å². The number of nitrogens with zero attached hydrogens (tertiary/aromatic N) is 1. The van der Waals surface area contributed by atoms with Gasteiger partial charge in [0.1, 0.15) is 0 Å². The van der Waals surface area contributed by atoms with Crippen molar-refractivity contribution in [2.45, 2.75) is 59.0 Å². The molecule has 0 unspecified atom stereocenters. The van der Waals surface area contributed by atoms with Crippen LogP contribution in [-0.2, 0) is 21.6 Å². The molecule has 0 aromatic heterocycles. The van der Waals surface area contributed by atoms with Crippen molar-refractivity contribution in [1.29, 1.82) is 0 Å². The predicted octanol–water partition coefficient (Wildman–Crippen LogP) is 3.95. The number of anilines is 1. The topological polar surface area (TPSA) is 41.6 Å².